The smallest absolute Gasteiger partial charge is 0.236 e. The monoisotopic (exact) mass is 366 g/mol. The second kappa shape index (κ2) is 8.06. The van der Waals surface area contributed by atoms with Gasteiger partial charge in [0.25, 0.3) is 0 Å². The van der Waals surface area contributed by atoms with Crippen LogP contribution < -0.4 is 5.32 Å². The highest BCUT2D eigenvalue weighted by Gasteiger charge is 2.24. The van der Waals surface area contributed by atoms with E-state index in [-0.39, 0.29) is 5.91 Å². The number of anilines is 1. The number of rotatable bonds is 7. The Morgan fingerprint density at radius 1 is 1.25 bits per heavy atom. The molecule has 9 heteroatoms. The molecule has 130 valence electrons. The molecular formula is C15H22N6OS2. The summed E-state index contributed by atoms with van der Waals surface area (Å²) in [6.45, 7) is 4.94. The van der Waals surface area contributed by atoms with Crippen molar-refractivity contribution in [3.05, 3.63) is 10.8 Å². The minimum absolute atomic E-state index is 0.0909. The lowest BCUT2D eigenvalue weighted by Crippen LogP contribution is -2.14. The third-order valence-corrected chi connectivity index (χ3v) is 6.08. The van der Waals surface area contributed by atoms with Gasteiger partial charge in [0.05, 0.1) is 5.75 Å². The van der Waals surface area contributed by atoms with E-state index < -0.39 is 0 Å². The Morgan fingerprint density at radius 2 is 2.04 bits per heavy atom. The van der Waals surface area contributed by atoms with E-state index in [0.717, 1.165) is 29.0 Å². The van der Waals surface area contributed by atoms with Crippen LogP contribution in [0.2, 0.25) is 0 Å². The van der Waals surface area contributed by atoms with Gasteiger partial charge in [0.2, 0.25) is 11.0 Å². The molecule has 1 fully saturated rings. The number of hydrogen-bond acceptors (Lipinski definition) is 7. The molecule has 0 unspecified atom stereocenters. The maximum absolute atomic E-state index is 12.1. The van der Waals surface area contributed by atoms with E-state index in [9.17, 15) is 4.79 Å². The Hall–Kier alpha value is -1.48. The van der Waals surface area contributed by atoms with Crippen molar-refractivity contribution in [1.82, 2.24) is 25.0 Å². The van der Waals surface area contributed by atoms with Crippen LogP contribution in [0.3, 0.4) is 0 Å². The number of amides is 1. The quantitative estimate of drug-likeness (QED) is 0.758. The summed E-state index contributed by atoms with van der Waals surface area (Å²) in [5.74, 6) is 1.81. The molecule has 0 bridgehead atoms. The molecule has 2 heterocycles. The summed E-state index contributed by atoms with van der Waals surface area (Å²) in [4.78, 5) is 12.1. The fraction of sp³-hybridized carbons (Fsp3) is 0.667. The number of carbonyl (C=O) groups is 1. The van der Waals surface area contributed by atoms with E-state index in [1.165, 1.54) is 48.8 Å². The van der Waals surface area contributed by atoms with Crippen LogP contribution in [0, 0.1) is 0 Å². The highest BCUT2D eigenvalue weighted by Crippen LogP contribution is 2.34. The van der Waals surface area contributed by atoms with Crippen LogP contribution in [0.15, 0.2) is 5.16 Å². The fourth-order valence-electron chi connectivity index (χ4n) is 2.92. The van der Waals surface area contributed by atoms with Crippen molar-refractivity contribution in [3.8, 4) is 0 Å². The number of nitrogens with one attached hydrogen (secondary N) is 1. The SMILES string of the molecule is CCc1nnc(NC(=O)CSc2nnc(C3CCCC3)n2CC)s1. The van der Waals surface area contributed by atoms with Gasteiger partial charge in [-0.2, -0.15) is 0 Å². The number of thioether (sulfide) groups is 1. The van der Waals surface area contributed by atoms with Gasteiger partial charge in [-0.1, -0.05) is 42.9 Å². The number of aryl methyl sites for hydroxylation is 1. The molecule has 2 aromatic heterocycles. The molecule has 1 aliphatic rings. The van der Waals surface area contributed by atoms with E-state index in [4.69, 9.17) is 0 Å². The van der Waals surface area contributed by atoms with E-state index in [0.29, 0.717) is 16.8 Å². The van der Waals surface area contributed by atoms with Crippen molar-refractivity contribution in [1.29, 1.82) is 0 Å². The summed E-state index contributed by atoms with van der Waals surface area (Å²) in [6.07, 6.45) is 5.76. The minimum Gasteiger partial charge on any atom is -0.306 e. The van der Waals surface area contributed by atoms with Crippen molar-refractivity contribution >= 4 is 34.1 Å². The Bertz CT molecular complexity index is 692. The molecular weight excluding hydrogens is 344 g/mol. The van der Waals surface area contributed by atoms with E-state index in [2.05, 4.69) is 37.2 Å². The zero-order valence-electron chi connectivity index (χ0n) is 14.0. The minimum atomic E-state index is -0.0909. The lowest BCUT2D eigenvalue weighted by Gasteiger charge is -2.11. The van der Waals surface area contributed by atoms with Crippen LogP contribution >= 0.6 is 23.1 Å². The highest BCUT2D eigenvalue weighted by molar-refractivity contribution is 7.99. The van der Waals surface area contributed by atoms with Crippen molar-refractivity contribution < 1.29 is 4.79 Å². The Labute approximate surface area is 149 Å². The maximum atomic E-state index is 12.1. The van der Waals surface area contributed by atoms with Gasteiger partial charge in [0.1, 0.15) is 10.8 Å². The fourth-order valence-corrected chi connectivity index (χ4v) is 4.43. The average molecular weight is 367 g/mol. The lowest BCUT2D eigenvalue weighted by atomic mass is 10.1. The largest absolute Gasteiger partial charge is 0.306 e. The molecule has 1 N–H and O–H groups in total. The Kier molecular flexibility index (Phi) is 5.83. The third-order valence-electron chi connectivity index (χ3n) is 4.13. The molecule has 1 saturated carbocycles. The lowest BCUT2D eigenvalue weighted by molar-refractivity contribution is -0.113. The first kappa shape index (κ1) is 17.3. The normalized spacial score (nSPS) is 15.1. The van der Waals surface area contributed by atoms with Gasteiger partial charge < -0.3 is 4.57 Å². The second-order valence-corrected chi connectivity index (χ2v) is 7.76. The summed E-state index contributed by atoms with van der Waals surface area (Å²) in [5, 5.41) is 21.7. The molecule has 0 radical (unpaired) electrons. The van der Waals surface area contributed by atoms with Crippen LogP contribution in [0.4, 0.5) is 5.13 Å². The second-order valence-electron chi connectivity index (χ2n) is 5.76. The highest BCUT2D eigenvalue weighted by atomic mass is 32.2. The molecule has 0 atom stereocenters. The van der Waals surface area contributed by atoms with Crippen molar-refractivity contribution in [2.75, 3.05) is 11.1 Å². The predicted molar refractivity (Wildman–Crippen MR) is 95.5 cm³/mol. The zero-order chi connectivity index (χ0) is 16.9. The molecule has 7 nitrogen and oxygen atoms in total. The average Bonchev–Trinajstić information content (AvgIpc) is 3.32. The van der Waals surface area contributed by atoms with Crippen molar-refractivity contribution in [3.63, 3.8) is 0 Å². The van der Waals surface area contributed by atoms with Crippen LogP contribution in [-0.4, -0.2) is 36.6 Å². The third kappa shape index (κ3) is 3.94. The van der Waals surface area contributed by atoms with Gasteiger partial charge in [-0.15, -0.1) is 20.4 Å². The predicted octanol–water partition coefficient (Wildman–Crippen LogP) is 3.10. The first-order valence-electron chi connectivity index (χ1n) is 8.39. The topological polar surface area (TPSA) is 85.6 Å². The van der Waals surface area contributed by atoms with Gasteiger partial charge in [0.15, 0.2) is 5.16 Å². The summed E-state index contributed by atoms with van der Waals surface area (Å²) in [7, 11) is 0. The van der Waals surface area contributed by atoms with E-state index in [1.54, 1.807) is 0 Å². The van der Waals surface area contributed by atoms with Gasteiger partial charge in [0, 0.05) is 12.5 Å². The maximum Gasteiger partial charge on any atom is 0.236 e. The molecule has 0 saturated heterocycles. The molecule has 24 heavy (non-hydrogen) atoms. The first-order valence-corrected chi connectivity index (χ1v) is 10.2. The Morgan fingerprint density at radius 3 is 2.71 bits per heavy atom. The first-order chi connectivity index (χ1) is 11.7. The van der Waals surface area contributed by atoms with Gasteiger partial charge in [-0.3, -0.25) is 10.1 Å². The van der Waals surface area contributed by atoms with Crippen molar-refractivity contribution in [2.24, 2.45) is 0 Å². The van der Waals surface area contributed by atoms with E-state index >= 15 is 0 Å². The molecule has 2 aromatic rings. The van der Waals surface area contributed by atoms with Gasteiger partial charge in [-0.05, 0) is 26.2 Å². The van der Waals surface area contributed by atoms with Crippen molar-refractivity contribution in [2.45, 2.75) is 63.6 Å². The number of carbonyl (C=O) groups excluding carboxylic acids is 1. The number of aromatic nitrogens is 5. The molecule has 0 aliphatic heterocycles. The number of hydrogen-bond donors (Lipinski definition) is 1. The number of nitrogens with zero attached hydrogens (tertiary/aromatic N) is 5. The standard InChI is InChI=1S/C15H22N6OS2/c1-3-12-17-19-14(24-12)16-11(22)9-23-15-20-18-13(21(15)4-2)10-7-5-6-8-10/h10H,3-9H2,1-2H3,(H,16,19,22). The molecule has 1 amide bonds. The summed E-state index contributed by atoms with van der Waals surface area (Å²) in [5.41, 5.74) is 0. The van der Waals surface area contributed by atoms with Gasteiger partial charge in [-0.25, -0.2) is 0 Å². The molecule has 0 aromatic carbocycles. The van der Waals surface area contributed by atoms with Crippen LogP contribution in [0.1, 0.15) is 56.3 Å². The van der Waals surface area contributed by atoms with E-state index in [1.807, 2.05) is 6.92 Å². The van der Waals surface area contributed by atoms with Crippen LogP contribution in [0.5, 0.6) is 0 Å². The Balaban J connectivity index is 1.58. The molecule has 0 spiro atoms. The summed E-state index contributed by atoms with van der Waals surface area (Å²) < 4.78 is 2.15. The zero-order valence-corrected chi connectivity index (χ0v) is 15.6. The molecule has 1 aliphatic carbocycles. The van der Waals surface area contributed by atoms with Crippen LogP contribution in [-0.2, 0) is 17.8 Å². The van der Waals surface area contributed by atoms with Crippen LogP contribution in [0.25, 0.3) is 0 Å². The summed E-state index contributed by atoms with van der Waals surface area (Å²) in [6, 6.07) is 0. The summed E-state index contributed by atoms with van der Waals surface area (Å²) >= 11 is 2.84. The van der Waals surface area contributed by atoms with Gasteiger partial charge >= 0.3 is 0 Å². The molecule has 3 rings (SSSR count).